The summed E-state index contributed by atoms with van der Waals surface area (Å²) in [7, 11) is 0. The highest BCUT2D eigenvalue weighted by molar-refractivity contribution is 6.07. The summed E-state index contributed by atoms with van der Waals surface area (Å²) < 4.78 is 13.9. The van der Waals surface area contributed by atoms with Gasteiger partial charge in [0.15, 0.2) is 0 Å². The van der Waals surface area contributed by atoms with Gasteiger partial charge in [-0.25, -0.2) is 4.79 Å². The Labute approximate surface area is 154 Å². The number of ether oxygens (including phenoxy) is 2. The summed E-state index contributed by atoms with van der Waals surface area (Å²) in [5, 5.41) is 0.930. The summed E-state index contributed by atoms with van der Waals surface area (Å²) in [4.78, 5) is 15.5. The maximum absolute atomic E-state index is 13.0. The first-order chi connectivity index (χ1) is 12.7. The Hall–Kier alpha value is -2.01. The van der Waals surface area contributed by atoms with Crippen molar-refractivity contribution in [3.8, 4) is 5.88 Å². The fourth-order valence-corrected chi connectivity index (χ4v) is 4.11. The Morgan fingerprint density at radius 2 is 2.04 bits per heavy atom. The molecule has 2 aliphatic heterocycles. The van der Waals surface area contributed by atoms with E-state index in [0.717, 1.165) is 49.9 Å². The third-order valence-corrected chi connectivity index (χ3v) is 5.52. The Kier molecular flexibility index (Phi) is 4.90. The van der Waals surface area contributed by atoms with Crippen LogP contribution < -0.4 is 4.74 Å². The third-order valence-electron chi connectivity index (χ3n) is 5.52. The largest absolute Gasteiger partial charge is 0.473 e. The Morgan fingerprint density at radius 3 is 2.81 bits per heavy atom. The number of carbonyl (C=O) groups is 1. The molecule has 4 rings (SSSR count). The molecule has 5 nitrogen and oxygen atoms in total. The number of para-hydroxylation sites is 1. The van der Waals surface area contributed by atoms with Gasteiger partial charge in [-0.3, -0.25) is 0 Å². The molecule has 0 radical (unpaired) electrons. The van der Waals surface area contributed by atoms with Crippen LogP contribution in [0.15, 0.2) is 24.3 Å². The van der Waals surface area contributed by atoms with Crippen molar-refractivity contribution < 1.29 is 14.3 Å². The van der Waals surface area contributed by atoms with Gasteiger partial charge >= 0.3 is 5.97 Å². The number of piperidine rings is 1. The quantitative estimate of drug-likeness (QED) is 0.764. The van der Waals surface area contributed by atoms with Crippen molar-refractivity contribution in [3.63, 3.8) is 0 Å². The summed E-state index contributed by atoms with van der Waals surface area (Å²) in [6.45, 7) is 8.21. The molecular formula is C21H28N2O3. The standard InChI is InChI=1S/C21H28N2O3/c1-3-4-11-22-12-9-16(10-13-22)26-21(24)19-17-7-5-6-8-18(17)23-14-15(2)25-20(19)23/h5-8,15-16H,3-4,9-14H2,1-2H3. The van der Waals surface area contributed by atoms with E-state index in [1.54, 1.807) is 0 Å². The normalized spacial score (nSPS) is 20.9. The molecule has 1 aromatic carbocycles. The molecular weight excluding hydrogens is 328 g/mol. The van der Waals surface area contributed by atoms with E-state index in [1.807, 2.05) is 31.2 Å². The predicted octanol–water partition coefficient (Wildman–Crippen LogP) is 3.84. The molecule has 0 amide bonds. The van der Waals surface area contributed by atoms with Crippen molar-refractivity contribution >= 4 is 16.9 Å². The highest BCUT2D eigenvalue weighted by Gasteiger charge is 2.32. The minimum atomic E-state index is -0.240. The van der Waals surface area contributed by atoms with Crippen LogP contribution in [-0.4, -0.2) is 47.3 Å². The van der Waals surface area contributed by atoms with Gasteiger partial charge < -0.3 is 18.9 Å². The molecule has 0 saturated carbocycles. The zero-order valence-electron chi connectivity index (χ0n) is 15.7. The second kappa shape index (κ2) is 7.31. The molecule has 26 heavy (non-hydrogen) atoms. The van der Waals surface area contributed by atoms with E-state index in [2.05, 4.69) is 16.4 Å². The Bertz CT molecular complexity index is 790. The summed E-state index contributed by atoms with van der Waals surface area (Å²) in [6.07, 6.45) is 4.39. The number of benzene rings is 1. The van der Waals surface area contributed by atoms with E-state index in [-0.39, 0.29) is 18.2 Å². The number of aromatic nitrogens is 1. The molecule has 0 aliphatic carbocycles. The second-order valence-corrected chi connectivity index (χ2v) is 7.54. The van der Waals surface area contributed by atoms with E-state index in [9.17, 15) is 4.79 Å². The lowest BCUT2D eigenvalue weighted by atomic mass is 10.1. The van der Waals surface area contributed by atoms with Gasteiger partial charge in [0.25, 0.3) is 0 Å². The van der Waals surface area contributed by atoms with Crippen LogP contribution in [0.3, 0.4) is 0 Å². The van der Waals surface area contributed by atoms with Gasteiger partial charge in [0.1, 0.15) is 17.8 Å². The van der Waals surface area contributed by atoms with Crippen LogP contribution in [-0.2, 0) is 11.3 Å². The van der Waals surface area contributed by atoms with Gasteiger partial charge in [0.05, 0.1) is 12.1 Å². The van der Waals surface area contributed by atoms with Crippen molar-refractivity contribution in [3.05, 3.63) is 29.8 Å². The fraction of sp³-hybridized carbons (Fsp3) is 0.571. The number of rotatable bonds is 5. The number of likely N-dealkylation sites (tertiary alicyclic amines) is 1. The molecule has 1 aromatic heterocycles. The lowest BCUT2D eigenvalue weighted by molar-refractivity contribution is 0.0111. The summed E-state index contributed by atoms with van der Waals surface area (Å²) >= 11 is 0. The van der Waals surface area contributed by atoms with E-state index in [1.165, 1.54) is 12.8 Å². The summed E-state index contributed by atoms with van der Waals surface area (Å²) in [6, 6.07) is 7.99. The number of hydrogen-bond acceptors (Lipinski definition) is 4. The van der Waals surface area contributed by atoms with Gasteiger partial charge in [-0.05, 0) is 38.8 Å². The third kappa shape index (κ3) is 3.20. The van der Waals surface area contributed by atoms with Crippen LogP contribution in [0.2, 0.25) is 0 Å². The minimum Gasteiger partial charge on any atom is -0.473 e. The first-order valence-corrected chi connectivity index (χ1v) is 9.88. The molecule has 1 saturated heterocycles. The van der Waals surface area contributed by atoms with Crippen molar-refractivity contribution in [2.75, 3.05) is 19.6 Å². The molecule has 0 spiro atoms. The molecule has 3 heterocycles. The van der Waals surface area contributed by atoms with E-state index in [0.29, 0.717) is 11.4 Å². The monoisotopic (exact) mass is 356 g/mol. The van der Waals surface area contributed by atoms with E-state index < -0.39 is 0 Å². The Balaban J connectivity index is 1.49. The lowest BCUT2D eigenvalue weighted by Gasteiger charge is -2.31. The van der Waals surface area contributed by atoms with Crippen LogP contribution in [0.4, 0.5) is 0 Å². The predicted molar refractivity (Wildman–Crippen MR) is 102 cm³/mol. The SMILES string of the molecule is CCCCN1CCC(OC(=O)c2c3n(c4ccccc24)CC(C)O3)CC1. The molecule has 1 fully saturated rings. The van der Waals surface area contributed by atoms with Crippen molar-refractivity contribution in [1.82, 2.24) is 9.47 Å². The molecule has 5 heteroatoms. The molecule has 0 bridgehead atoms. The van der Waals surface area contributed by atoms with Crippen molar-refractivity contribution in [1.29, 1.82) is 0 Å². The van der Waals surface area contributed by atoms with Gasteiger partial charge in [-0.15, -0.1) is 0 Å². The fourth-order valence-electron chi connectivity index (χ4n) is 4.11. The maximum Gasteiger partial charge on any atom is 0.344 e. The van der Waals surface area contributed by atoms with Crippen LogP contribution in [0.5, 0.6) is 5.88 Å². The molecule has 140 valence electrons. The number of unbranched alkanes of at least 4 members (excludes halogenated alkanes) is 1. The average molecular weight is 356 g/mol. The Morgan fingerprint density at radius 1 is 1.27 bits per heavy atom. The van der Waals surface area contributed by atoms with Crippen LogP contribution >= 0.6 is 0 Å². The van der Waals surface area contributed by atoms with Crippen LogP contribution in [0.25, 0.3) is 10.9 Å². The molecule has 1 atom stereocenters. The average Bonchev–Trinajstić information content (AvgIpc) is 3.16. The van der Waals surface area contributed by atoms with Gasteiger partial charge in [0, 0.05) is 18.5 Å². The van der Waals surface area contributed by atoms with E-state index >= 15 is 0 Å². The first kappa shape index (κ1) is 17.4. The molecule has 0 N–H and O–H groups in total. The maximum atomic E-state index is 13.0. The van der Waals surface area contributed by atoms with Crippen molar-refractivity contribution in [2.24, 2.45) is 0 Å². The molecule has 1 unspecified atom stereocenters. The van der Waals surface area contributed by atoms with Gasteiger partial charge in [0.2, 0.25) is 5.88 Å². The smallest absolute Gasteiger partial charge is 0.344 e. The first-order valence-electron chi connectivity index (χ1n) is 9.88. The van der Waals surface area contributed by atoms with Gasteiger partial charge in [-0.1, -0.05) is 31.5 Å². The number of nitrogens with zero attached hydrogens (tertiary/aromatic N) is 2. The van der Waals surface area contributed by atoms with Crippen molar-refractivity contribution in [2.45, 2.75) is 58.3 Å². The highest BCUT2D eigenvalue weighted by Crippen LogP contribution is 2.37. The number of fused-ring (bicyclic) bond motifs is 3. The van der Waals surface area contributed by atoms with Gasteiger partial charge in [-0.2, -0.15) is 0 Å². The zero-order chi connectivity index (χ0) is 18.1. The number of carbonyl (C=O) groups excluding carboxylic acids is 1. The van der Waals surface area contributed by atoms with E-state index in [4.69, 9.17) is 9.47 Å². The number of esters is 1. The lowest BCUT2D eigenvalue weighted by Crippen LogP contribution is -2.38. The molecule has 2 aliphatic rings. The zero-order valence-corrected chi connectivity index (χ0v) is 15.7. The molecule has 2 aromatic rings. The van der Waals surface area contributed by atoms with Crippen LogP contribution in [0.1, 0.15) is 49.9 Å². The topological polar surface area (TPSA) is 43.7 Å². The summed E-state index contributed by atoms with van der Waals surface area (Å²) in [5.74, 6) is 0.431. The van der Waals surface area contributed by atoms with Crippen LogP contribution in [0, 0.1) is 0 Å². The number of hydrogen-bond donors (Lipinski definition) is 0. The minimum absolute atomic E-state index is 0.00788. The summed E-state index contributed by atoms with van der Waals surface area (Å²) in [5.41, 5.74) is 1.64. The highest BCUT2D eigenvalue weighted by atomic mass is 16.5. The second-order valence-electron chi connectivity index (χ2n) is 7.54.